The maximum absolute atomic E-state index is 4.73. The van der Waals surface area contributed by atoms with E-state index in [9.17, 15) is 0 Å². The lowest BCUT2D eigenvalue weighted by Gasteiger charge is -2.18. The second-order valence-corrected chi connectivity index (χ2v) is 5.76. The van der Waals surface area contributed by atoms with Crippen molar-refractivity contribution in [1.29, 1.82) is 0 Å². The quantitative estimate of drug-likeness (QED) is 0.602. The molecule has 6 heteroatoms. The summed E-state index contributed by atoms with van der Waals surface area (Å²) in [5, 5.41) is 6.82. The van der Waals surface area contributed by atoms with Crippen molar-refractivity contribution in [1.82, 2.24) is 20.2 Å². The molecule has 0 aliphatic heterocycles. The van der Waals surface area contributed by atoms with Crippen LogP contribution < -0.4 is 4.90 Å². The number of rotatable bonds is 4. The molecule has 0 aliphatic rings. The summed E-state index contributed by atoms with van der Waals surface area (Å²) in [7, 11) is 2.03. The molecule has 2 aromatic carbocycles. The molecule has 0 bridgehead atoms. The van der Waals surface area contributed by atoms with Gasteiger partial charge in [0.05, 0.1) is 23.4 Å². The van der Waals surface area contributed by atoms with Crippen LogP contribution in [0.3, 0.4) is 0 Å². The summed E-state index contributed by atoms with van der Waals surface area (Å²) in [6.07, 6.45) is 5.50. The lowest BCUT2D eigenvalue weighted by atomic mass is 10.1. The molecule has 0 spiro atoms. The van der Waals surface area contributed by atoms with Crippen LogP contribution in [-0.4, -0.2) is 27.2 Å². The summed E-state index contributed by atoms with van der Waals surface area (Å²) in [6.45, 7) is 0.800. The van der Waals surface area contributed by atoms with Gasteiger partial charge in [-0.15, -0.1) is 12.4 Å². The van der Waals surface area contributed by atoms with Crippen LogP contribution in [0.5, 0.6) is 0 Å². The second kappa shape index (κ2) is 7.32. The molecule has 0 fully saturated rings. The number of aromatic amines is 1. The fourth-order valence-electron chi connectivity index (χ4n) is 2.71. The lowest BCUT2D eigenvalue weighted by Crippen LogP contribution is -2.17. The van der Waals surface area contributed by atoms with Gasteiger partial charge in [0.1, 0.15) is 5.82 Å². The van der Waals surface area contributed by atoms with Gasteiger partial charge in [-0.2, -0.15) is 5.10 Å². The Kier molecular flexibility index (Phi) is 4.95. The zero-order valence-electron chi connectivity index (χ0n) is 13.8. The maximum Gasteiger partial charge on any atom is 0.147 e. The molecule has 5 nitrogen and oxygen atoms in total. The van der Waals surface area contributed by atoms with Crippen molar-refractivity contribution < 1.29 is 0 Å². The van der Waals surface area contributed by atoms with Gasteiger partial charge in [-0.3, -0.25) is 10.1 Å². The van der Waals surface area contributed by atoms with Crippen LogP contribution in [-0.2, 0) is 6.54 Å². The normalized spacial score (nSPS) is 10.4. The first-order valence-electron chi connectivity index (χ1n) is 7.80. The number of benzene rings is 2. The zero-order valence-corrected chi connectivity index (χ0v) is 14.6. The first-order chi connectivity index (χ1) is 11.8. The number of hydrogen-bond donors (Lipinski definition) is 1. The van der Waals surface area contributed by atoms with E-state index in [-0.39, 0.29) is 12.4 Å². The number of aromatic nitrogens is 4. The highest BCUT2D eigenvalue weighted by Crippen LogP contribution is 2.23. The molecule has 0 saturated carbocycles. The molecule has 4 aromatic rings. The number of fused-ring (bicyclic) bond motifs is 1. The number of halogens is 1. The van der Waals surface area contributed by atoms with Gasteiger partial charge in [-0.25, -0.2) is 4.98 Å². The molecule has 0 radical (unpaired) electrons. The molecule has 2 aromatic heterocycles. The Morgan fingerprint density at radius 3 is 2.56 bits per heavy atom. The zero-order chi connectivity index (χ0) is 16.4. The fraction of sp³-hybridized carbons (Fsp3) is 0.105. The van der Waals surface area contributed by atoms with Crippen molar-refractivity contribution in [3.63, 3.8) is 0 Å². The van der Waals surface area contributed by atoms with Gasteiger partial charge in [0.15, 0.2) is 0 Å². The summed E-state index contributed by atoms with van der Waals surface area (Å²) in [5.74, 6) is 0.863. The van der Waals surface area contributed by atoms with E-state index < -0.39 is 0 Å². The highest BCUT2D eigenvalue weighted by molar-refractivity contribution is 5.85. The number of nitrogens with one attached hydrogen (secondary N) is 1. The van der Waals surface area contributed by atoms with Gasteiger partial charge in [0.25, 0.3) is 0 Å². The molecule has 2 heterocycles. The molecular formula is C19H18ClN5. The Morgan fingerprint density at radius 2 is 1.80 bits per heavy atom. The van der Waals surface area contributed by atoms with E-state index in [0.717, 1.165) is 34.5 Å². The van der Waals surface area contributed by atoms with Crippen molar-refractivity contribution in [3.05, 3.63) is 72.7 Å². The Labute approximate surface area is 152 Å². The minimum atomic E-state index is 0. The molecule has 0 saturated heterocycles. The summed E-state index contributed by atoms with van der Waals surface area (Å²) >= 11 is 0. The lowest BCUT2D eigenvalue weighted by molar-refractivity contribution is 0.897. The van der Waals surface area contributed by atoms with Crippen LogP contribution in [0.4, 0.5) is 5.82 Å². The third-order valence-corrected chi connectivity index (χ3v) is 4.01. The van der Waals surface area contributed by atoms with Crippen LogP contribution >= 0.6 is 12.4 Å². The fourth-order valence-corrected chi connectivity index (χ4v) is 2.71. The van der Waals surface area contributed by atoms with Gasteiger partial charge < -0.3 is 4.90 Å². The smallest absolute Gasteiger partial charge is 0.147 e. The molecular weight excluding hydrogens is 334 g/mol. The number of anilines is 1. The SMILES string of the molecule is CN(Cc1ccccc1)c1cnc2cc(-c3cn[nH]c3)ccc2n1.Cl. The standard InChI is InChI=1S/C19H17N5.ClH/c1-24(13-14-5-3-2-4-6-14)19-12-20-18-9-15(7-8-17(18)23-19)16-10-21-22-11-16;/h2-12H,13H2,1H3,(H,21,22);1H. The van der Waals surface area contributed by atoms with Crippen LogP contribution in [0.2, 0.25) is 0 Å². The van der Waals surface area contributed by atoms with Crippen molar-refractivity contribution >= 4 is 29.3 Å². The average molecular weight is 352 g/mol. The van der Waals surface area contributed by atoms with Crippen LogP contribution in [0, 0.1) is 0 Å². The molecule has 0 unspecified atom stereocenters. The van der Waals surface area contributed by atoms with Gasteiger partial charge in [0.2, 0.25) is 0 Å². The minimum Gasteiger partial charge on any atom is -0.354 e. The van der Waals surface area contributed by atoms with E-state index in [2.05, 4.69) is 32.2 Å². The summed E-state index contributed by atoms with van der Waals surface area (Å²) in [5.41, 5.74) is 5.14. The third-order valence-electron chi connectivity index (χ3n) is 4.01. The number of nitrogens with zero attached hydrogens (tertiary/aromatic N) is 4. The summed E-state index contributed by atoms with van der Waals surface area (Å²) < 4.78 is 0. The van der Waals surface area contributed by atoms with Gasteiger partial charge in [0, 0.05) is 25.4 Å². The number of H-pyrrole nitrogens is 1. The second-order valence-electron chi connectivity index (χ2n) is 5.76. The topological polar surface area (TPSA) is 57.7 Å². The Morgan fingerprint density at radius 1 is 0.960 bits per heavy atom. The van der Waals surface area contributed by atoms with Gasteiger partial charge in [-0.05, 0) is 23.3 Å². The van der Waals surface area contributed by atoms with Crippen molar-refractivity contribution in [2.75, 3.05) is 11.9 Å². The summed E-state index contributed by atoms with van der Waals surface area (Å²) in [6, 6.07) is 16.4. The van der Waals surface area contributed by atoms with E-state index in [1.165, 1.54) is 5.56 Å². The third kappa shape index (κ3) is 3.61. The van der Waals surface area contributed by atoms with Crippen LogP contribution in [0.15, 0.2) is 67.1 Å². The highest BCUT2D eigenvalue weighted by Gasteiger charge is 2.07. The van der Waals surface area contributed by atoms with Crippen LogP contribution in [0.25, 0.3) is 22.2 Å². The predicted molar refractivity (Wildman–Crippen MR) is 103 cm³/mol. The molecule has 1 N–H and O–H groups in total. The Balaban J connectivity index is 0.00000182. The minimum absolute atomic E-state index is 0. The van der Waals surface area contributed by atoms with E-state index >= 15 is 0 Å². The van der Waals surface area contributed by atoms with E-state index in [4.69, 9.17) is 4.98 Å². The molecule has 0 atom stereocenters. The molecule has 126 valence electrons. The highest BCUT2D eigenvalue weighted by atomic mass is 35.5. The van der Waals surface area contributed by atoms with Crippen LogP contribution in [0.1, 0.15) is 5.56 Å². The first kappa shape index (κ1) is 16.9. The number of hydrogen-bond acceptors (Lipinski definition) is 4. The molecule has 25 heavy (non-hydrogen) atoms. The Hall–Kier alpha value is -2.92. The molecule has 0 aliphatic carbocycles. The first-order valence-corrected chi connectivity index (χ1v) is 7.80. The van der Waals surface area contributed by atoms with Gasteiger partial charge in [-0.1, -0.05) is 36.4 Å². The molecule has 4 rings (SSSR count). The average Bonchev–Trinajstić information content (AvgIpc) is 3.16. The summed E-state index contributed by atoms with van der Waals surface area (Å²) in [4.78, 5) is 11.4. The van der Waals surface area contributed by atoms with Crippen molar-refractivity contribution in [2.24, 2.45) is 0 Å². The van der Waals surface area contributed by atoms with Crippen molar-refractivity contribution in [2.45, 2.75) is 6.54 Å². The van der Waals surface area contributed by atoms with Gasteiger partial charge >= 0.3 is 0 Å². The van der Waals surface area contributed by atoms with E-state index in [1.54, 1.807) is 6.20 Å². The van der Waals surface area contributed by atoms with E-state index in [0.29, 0.717) is 0 Å². The monoisotopic (exact) mass is 351 g/mol. The molecule has 0 amide bonds. The Bertz CT molecular complexity index is 954. The predicted octanol–water partition coefficient (Wildman–Crippen LogP) is 4.08. The van der Waals surface area contributed by atoms with E-state index in [1.807, 2.05) is 55.8 Å². The largest absolute Gasteiger partial charge is 0.354 e. The maximum atomic E-state index is 4.73. The van der Waals surface area contributed by atoms with Crippen molar-refractivity contribution in [3.8, 4) is 11.1 Å².